The molecule has 0 aliphatic carbocycles. The highest BCUT2D eigenvalue weighted by Crippen LogP contribution is 2.25. The van der Waals surface area contributed by atoms with Crippen LogP contribution in [0.5, 0.6) is 0 Å². The number of allylic oxidation sites excluding steroid dienone is 2. The van der Waals surface area contributed by atoms with Crippen LogP contribution < -0.4 is 5.32 Å². The highest BCUT2D eigenvalue weighted by atomic mass is 33.1. The Bertz CT molecular complexity index is 673. The Morgan fingerprint density at radius 2 is 1.68 bits per heavy atom. The van der Waals surface area contributed by atoms with Crippen molar-refractivity contribution in [3.05, 3.63) is 23.8 Å². The van der Waals surface area contributed by atoms with Crippen molar-refractivity contribution in [2.45, 2.75) is 73.5 Å². The molecular weight excluding hydrogens is 434 g/mol. The molecule has 0 aromatic heterocycles. The zero-order valence-corrected chi connectivity index (χ0v) is 21.4. The van der Waals surface area contributed by atoms with Crippen LogP contribution in [-0.4, -0.2) is 47.1 Å². The number of amides is 1. The SMILES string of the molecule is C/C=C(\C)C(=O)N[C@H](C(=O)O[C@H](/C=C/CCSSC[C@@H](C)C(C)=O)CC(C)=O)C(C)C. The van der Waals surface area contributed by atoms with Gasteiger partial charge in [0.2, 0.25) is 5.91 Å². The second-order valence-corrected chi connectivity index (χ2v) is 10.5. The van der Waals surface area contributed by atoms with E-state index in [0.29, 0.717) is 5.57 Å². The molecule has 1 N–H and O–H groups in total. The van der Waals surface area contributed by atoms with E-state index in [1.54, 1.807) is 54.5 Å². The number of Topliss-reactive ketones (excluding diaryl/α,β-unsaturated/α-hetero) is 2. The van der Waals surface area contributed by atoms with Crippen molar-refractivity contribution >= 4 is 45.0 Å². The molecule has 0 unspecified atom stereocenters. The lowest BCUT2D eigenvalue weighted by molar-refractivity contribution is -0.152. The lowest BCUT2D eigenvalue weighted by atomic mass is 10.0. The molecule has 1 amide bonds. The van der Waals surface area contributed by atoms with E-state index in [-0.39, 0.29) is 35.7 Å². The topological polar surface area (TPSA) is 89.5 Å². The summed E-state index contributed by atoms with van der Waals surface area (Å²) in [4.78, 5) is 47.7. The minimum atomic E-state index is -0.791. The second-order valence-electron chi connectivity index (χ2n) is 7.88. The van der Waals surface area contributed by atoms with Crippen LogP contribution in [0.2, 0.25) is 0 Å². The first-order chi connectivity index (χ1) is 14.5. The van der Waals surface area contributed by atoms with Gasteiger partial charge >= 0.3 is 5.97 Å². The Morgan fingerprint density at radius 3 is 2.19 bits per heavy atom. The van der Waals surface area contributed by atoms with Crippen LogP contribution in [0.4, 0.5) is 0 Å². The second kappa shape index (κ2) is 16.1. The fourth-order valence-corrected chi connectivity index (χ4v) is 4.66. The molecule has 176 valence electrons. The molecule has 0 heterocycles. The maximum Gasteiger partial charge on any atom is 0.329 e. The Hall–Kier alpha value is -1.54. The van der Waals surface area contributed by atoms with Gasteiger partial charge in [0.25, 0.3) is 0 Å². The van der Waals surface area contributed by atoms with Gasteiger partial charge in [0.15, 0.2) is 0 Å². The van der Waals surface area contributed by atoms with Gasteiger partial charge in [-0.25, -0.2) is 4.79 Å². The standard InChI is InChI=1S/C23H37NO5S2/c1-8-16(4)22(27)24-21(15(2)3)23(28)29-20(13-18(6)25)11-9-10-12-30-31-14-17(5)19(7)26/h8-9,11,15,17,20-21H,10,12-14H2,1-7H3,(H,24,27)/b11-9+,16-8+/t17-,20-,21+/m1/s1. The van der Waals surface area contributed by atoms with Crippen molar-refractivity contribution in [3.63, 3.8) is 0 Å². The molecule has 0 aromatic rings. The lowest BCUT2D eigenvalue weighted by Gasteiger charge is -2.23. The number of hydrogen-bond acceptors (Lipinski definition) is 7. The normalized spacial score (nSPS) is 14.9. The lowest BCUT2D eigenvalue weighted by Crippen LogP contribution is -2.46. The maximum absolute atomic E-state index is 12.7. The van der Waals surface area contributed by atoms with Gasteiger partial charge in [0, 0.05) is 29.4 Å². The molecule has 0 saturated carbocycles. The van der Waals surface area contributed by atoms with Crippen LogP contribution in [0.1, 0.15) is 61.3 Å². The Balaban J connectivity index is 4.78. The van der Waals surface area contributed by atoms with Gasteiger partial charge < -0.3 is 10.1 Å². The van der Waals surface area contributed by atoms with Gasteiger partial charge in [0.1, 0.15) is 23.7 Å². The molecular formula is C23H37NO5S2. The number of ketones is 2. The molecule has 8 heteroatoms. The first-order valence-corrected chi connectivity index (χ1v) is 13.0. The minimum absolute atomic E-state index is 0.0541. The zero-order valence-electron chi connectivity index (χ0n) is 19.7. The molecule has 0 spiro atoms. The van der Waals surface area contributed by atoms with E-state index >= 15 is 0 Å². The van der Waals surface area contributed by atoms with Crippen LogP contribution in [-0.2, 0) is 23.9 Å². The van der Waals surface area contributed by atoms with E-state index in [4.69, 9.17) is 4.74 Å². The smallest absolute Gasteiger partial charge is 0.329 e. The van der Waals surface area contributed by atoms with Gasteiger partial charge in [-0.15, -0.1) is 0 Å². The van der Waals surface area contributed by atoms with Crippen LogP contribution in [0.15, 0.2) is 23.8 Å². The van der Waals surface area contributed by atoms with Crippen molar-refractivity contribution in [2.75, 3.05) is 11.5 Å². The molecule has 0 rings (SSSR count). The van der Waals surface area contributed by atoms with Crippen molar-refractivity contribution in [1.29, 1.82) is 0 Å². The minimum Gasteiger partial charge on any atom is -0.456 e. The third-order valence-electron chi connectivity index (χ3n) is 4.57. The van der Waals surface area contributed by atoms with Crippen molar-refractivity contribution < 1.29 is 23.9 Å². The molecule has 0 aliphatic heterocycles. The van der Waals surface area contributed by atoms with Crippen molar-refractivity contribution in [3.8, 4) is 0 Å². The van der Waals surface area contributed by atoms with E-state index in [9.17, 15) is 19.2 Å². The average molecular weight is 472 g/mol. The van der Waals surface area contributed by atoms with Gasteiger partial charge in [0.05, 0.1) is 0 Å². The van der Waals surface area contributed by atoms with Crippen molar-refractivity contribution in [1.82, 2.24) is 5.32 Å². The van der Waals surface area contributed by atoms with Crippen LogP contribution in [0.3, 0.4) is 0 Å². The predicted molar refractivity (Wildman–Crippen MR) is 130 cm³/mol. The molecule has 0 saturated heterocycles. The Labute approximate surface area is 194 Å². The summed E-state index contributed by atoms with van der Waals surface area (Å²) in [5, 5.41) is 2.71. The highest BCUT2D eigenvalue weighted by molar-refractivity contribution is 8.76. The summed E-state index contributed by atoms with van der Waals surface area (Å²) >= 11 is 0. The Kier molecular flexibility index (Phi) is 15.3. The summed E-state index contributed by atoms with van der Waals surface area (Å²) in [6.45, 7) is 12.1. The van der Waals surface area contributed by atoms with E-state index in [0.717, 1.165) is 17.9 Å². The van der Waals surface area contributed by atoms with Crippen molar-refractivity contribution in [2.24, 2.45) is 11.8 Å². The fourth-order valence-electron chi connectivity index (χ4n) is 2.23. The average Bonchev–Trinajstić information content (AvgIpc) is 2.68. The number of rotatable bonds is 15. The van der Waals surface area contributed by atoms with Gasteiger partial charge in [-0.1, -0.05) is 54.5 Å². The van der Waals surface area contributed by atoms with E-state index in [1.807, 2.05) is 26.8 Å². The zero-order chi connectivity index (χ0) is 24.0. The third-order valence-corrected chi connectivity index (χ3v) is 7.18. The predicted octanol–water partition coefficient (Wildman–Crippen LogP) is 4.54. The first-order valence-electron chi connectivity index (χ1n) is 10.5. The molecule has 3 atom stereocenters. The summed E-state index contributed by atoms with van der Waals surface area (Å²) in [5.74, 6) is 0.770. The molecule has 0 radical (unpaired) electrons. The van der Waals surface area contributed by atoms with E-state index in [1.165, 1.54) is 6.92 Å². The largest absolute Gasteiger partial charge is 0.456 e. The number of carbonyl (C=O) groups is 4. The summed E-state index contributed by atoms with van der Waals surface area (Å²) < 4.78 is 5.55. The third kappa shape index (κ3) is 13.5. The van der Waals surface area contributed by atoms with Crippen LogP contribution >= 0.6 is 21.6 Å². The maximum atomic E-state index is 12.7. The highest BCUT2D eigenvalue weighted by Gasteiger charge is 2.28. The number of ether oxygens (including phenoxy) is 1. The number of esters is 1. The summed E-state index contributed by atoms with van der Waals surface area (Å²) in [6, 6.07) is -0.791. The summed E-state index contributed by atoms with van der Waals surface area (Å²) in [6.07, 6.45) is 5.49. The Morgan fingerprint density at radius 1 is 1.03 bits per heavy atom. The molecule has 6 nitrogen and oxygen atoms in total. The monoisotopic (exact) mass is 471 g/mol. The molecule has 0 bridgehead atoms. The molecule has 0 aliphatic rings. The van der Waals surface area contributed by atoms with Gasteiger partial charge in [-0.3, -0.25) is 14.4 Å². The quantitative estimate of drug-likeness (QED) is 0.123. The van der Waals surface area contributed by atoms with Crippen LogP contribution in [0, 0.1) is 11.8 Å². The van der Waals surface area contributed by atoms with Crippen LogP contribution in [0.25, 0.3) is 0 Å². The fraction of sp³-hybridized carbons (Fsp3) is 0.652. The summed E-state index contributed by atoms with van der Waals surface area (Å²) in [5.41, 5.74) is 0.520. The molecule has 31 heavy (non-hydrogen) atoms. The number of carbonyl (C=O) groups excluding carboxylic acids is 4. The van der Waals surface area contributed by atoms with E-state index in [2.05, 4.69) is 5.32 Å². The molecule has 0 fully saturated rings. The number of hydrogen-bond donors (Lipinski definition) is 1. The number of nitrogens with one attached hydrogen (secondary N) is 1. The van der Waals surface area contributed by atoms with E-state index < -0.39 is 18.1 Å². The van der Waals surface area contributed by atoms with Gasteiger partial charge in [-0.05, 0) is 46.1 Å². The first kappa shape index (κ1) is 29.5. The summed E-state index contributed by atoms with van der Waals surface area (Å²) in [7, 11) is 3.35. The van der Waals surface area contributed by atoms with Gasteiger partial charge in [-0.2, -0.15) is 0 Å². The molecule has 0 aromatic carbocycles.